The number of halogens is 2. The maximum absolute atomic E-state index is 12.9. The molecule has 0 spiro atoms. The molecule has 0 bridgehead atoms. The van der Waals surface area contributed by atoms with Crippen LogP contribution in [0.15, 0.2) is 28.3 Å². The van der Waals surface area contributed by atoms with Crippen LogP contribution in [0, 0.1) is 0 Å². The zero-order valence-electron chi connectivity index (χ0n) is 15.4. The molecule has 1 aromatic rings. The zero-order chi connectivity index (χ0) is 20.6. The number of nitrogens with one attached hydrogen (secondary N) is 1. The van der Waals surface area contributed by atoms with Crippen LogP contribution in [0.3, 0.4) is 0 Å². The van der Waals surface area contributed by atoms with Gasteiger partial charge in [-0.1, -0.05) is 41.4 Å². The van der Waals surface area contributed by atoms with E-state index < -0.39 is 22.2 Å². The van der Waals surface area contributed by atoms with Gasteiger partial charge in [0.1, 0.15) is 5.03 Å². The first-order chi connectivity index (χ1) is 13.1. The summed E-state index contributed by atoms with van der Waals surface area (Å²) in [6.07, 6.45) is 1.70. The molecule has 0 radical (unpaired) electrons. The molecular formula is C18H21Cl2N3O4S. The van der Waals surface area contributed by atoms with Crippen LogP contribution < -0.4 is 20.1 Å². The Morgan fingerprint density at radius 3 is 2.64 bits per heavy atom. The van der Waals surface area contributed by atoms with Crippen LogP contribution in [0.25, 0.3) is 11.0 Å². The summed E-state index contributed by atoms with van der Waals surface area (Å²) < 4.78 is 28.3. The number of rotatable bonds is 6. The highest BCUT2D eigenvalue weighted by Gasteiger charge is 2.36. The number of anilines is 1. The Bertz CT molecular complexity index is 1070. The van der Waals surface area contributed by atoms with E-state index in [4.69, 9.17) is 23.2 Å². The predicted molar refractivity (Wildman–Crippen MR) is 111 cm³/mol. The maximum Gasteiger partial charge on any atom is 0.269 e. The number of fused-ring (bicyclic) bond motifs is 1. The normalized spacial score (nSPS) is 19.8. The van der Waals surface area contributed by atoms with E-state index in [9.17, 15) is 18.3 Å². The Morgan fingerprint density at radius 2 is 2.04 bits per heavy atom. The summed E-state index contributed by atoms with van der Waals surface area (Å²) in [6, 6.07) is 5.57. The zero-order valence-corrected chi connectivity index (χ0v) is 17.8. The smallest absolute Gasteiger partial charge is 0.269 e. The molecule has 28 heavy (non-hydrogen) atoms. The second-order valence-electron chi connectivity index (χ2n) is 6.73. The van der Waals surface area contributed by atoms with E-state index in [1.807, 2.05) is 37.2 Å². The highest BCUT2D eigenvalue weighted by molar-refractivity contribution is 7.98. The van der Waals surface area contributed by atoms with Gasteiger partial charge in [0.15, 0.2) is 6.23 Å². The number of aliphatic hydroxyl groups excluding tert-OH is 1. The van der Waals surface area contributed by atoms with Gasteiger partial charge in [-0.2, -0.15) is 0 Å². The number of benzene rings is 1. The van der Waals surface area contributed by atoms with Crippen LogP contribution in [0.1, 0.15) is 12.8 Å². The Balaban J connectivity index is 1.82. The quantitative estimate of drug-likeness (QED) is 0.652. The molecule has 1 unspecified atom stereocenters. The van der Waals surface area contributed by atoms with Gasteiger partial charge in [-0.25, -0.2) is 13.1 Å². The lowest BCUT2D eigenvalue weighted by Crippen LogP contribution is -2.43. The monoisotopic (exact) mass is 445 g/mol. The van der Waals surface area contributed by atoms with E-state index >= 15 is 0 Å². The summed E-state index contributed by atoms with van der Waals surface area (Å²) in [5.41, 5.74) is 0.950. The molecule has 1 heterocycles. The molecule has 2 aliphatic rings. The van der Waals surface area contributed by atoms with E-state index in [1.165, 1.54) is 0 Å². The molecule has 0 aromatic heterocycles. The minimum Gasteiger partial charge on any atom is -0.377 e. The molecule has 1 aliphatic heterocycles. The van der Waals surface area contributed by atoms with Crippen molar-refractivity contribution in [3.05, 3.63) is 38.7 Å². The molecule has 1 amide bonds. The van der Waals surface area contributed by atoms with Crippen molar-refractivity contribution in [3.63, 3.8) is 0 Å². The van der Waals surface area contributed by atoms with Gasteiger partial charge in [-0.15, -0.1) is 0 Å². The number of hydrogen-bond acceptors (Lipinski definition) is 5. The standard InChI is InChI=1S/C18H21Cl2N3O4S/c1-22(2)13-7-3-6-12-11(13)5-4-8-14(12)28(26,27)21-9-10-23-17(24)15(19)16(20)18(23)25/h3,5-7,17,21,24H,4,8-10H2,1-2H3. The van der Waals surface area contributed by atoms with Crippen molar-refractivity contribution < 1.29 is 18.3 Å². The maximum atomic E-state index is 12.9. The molecular weight excluding hydrogens is 425 g/mol. The Kier molecular flexibility index (Phi) is 6.07. The van der Waals surface area contributed by atoms with Crippen LogP contribution in [-0.2, 0) is 14.8 Å². The van der Waals surface area contributed by atoms with E-state index in [0.717, 1.165) is 15.8 Å². The first-order valence-electron chi connectivity index (χ1n) is 8.68. The van der Waals surface area contributed by atoms with Crippen molar-refractivity contribution in [2.24, 2.45) is 0 Å². The van der Waals surface area contributed by atoms with Gasteiger partial charge in [-0.05, 0) is 24.1 Å². The van der Waals surface area contributed by atoms with E-state index in [0.29, 0.717) is 23.0 Å². The number of hydrogen-bond donors (Lipinski definition) is 2. The summed E-state index contributed by atoms with van der Waals surface area (Å²) in [5.74, 6) is -0.626. The number of carbonyl (C=O) groups is 1. The predicted octanol–water partition coefficient (Wildman–Crippen LogP) is 0.204. The number of nitrogens with zero attached hydrogens (tertiary/aromatic N) is 2. The highest BCUT2D eigenvalue weighted by Crippen LogP contribution is 2.29. The van der Waals surface area contributed by atoms with Crippen molar-refractivity contribution >= 4 is 55.8 Å². The average Bonchev–Trinajstić information content (AvgIpc) is 2.84. The van der Waals surface area contributed by atoms with Crippen LogP contribution in [-0.4, -0.2) is 57.7 Å². The van der Waals surface area contributed by atoms with Crippen LogP contribution in [0.4, 0.5) is 5.69 Å². The van der Waals surface area contributed by atoms with E-state index in [1.54, 1.807) is 6.07 Å². The fourth-order valence-corrected chi connectivity index (χ4v) is 5.16. The third-order valence-corrected chi connectivity index (χ3v) is 7.24. The topological polar surface area (TPSA) is 90.0 Å². The number of sulfonamides is 1. The minimum atomic E-state index is -3.76. The van der Waals surface area contributed by atoms with Crippen molar-refractivity contribution in [2.45, 2.75) is 19.1 Å². The summed E-state index contributed by atoms with van der Waals surface area (Å²) in [7, 11) is 0.0558. The second kappa shape index (κ2) is 8.04. The van der Waals surface area contributed by atoms with Crippen molar-refractivity contribution in [2.75, 3.05) is 32.1 Å². The third-order valence-electron chi connectivity index (χ3n) is 4.73. The molecule has 0 saturated heterocycles. The molecule has 3 rings (SSSR count). The molecule has 2 N–H and O–H groups in total. The molecule has 10 heteroatoms. The van der Waals surface area contributed by atoms with Gasteiger partial charge >= 0.3 is 0 Å². The lowest BCUT2D eigenvalue weighted by molar-refractivity contribution is -0.131. The van der Waals surface area contributed by atoms with Gasteiger partial charge in [-0.3, -0.25) is 4.79 Å². The Hall–Kier alpha value is -1.58. The molecule has 7 nitrogen and oxygen atoms in total. The van der Waals surface area contributed by atoms with Gasteiger partial charge in [0.05, 0.1) is 9.94 Å². The van der Waals surface area contributed by atoms with Gasteiger partial charge in [0, 0.05) is 38.1 Å². The summed E-state index contributed by atoms with van der Waals surface area (Å²) in [4.78, 5) is 15.2. The van der Waals surface area contributed by atoms with Crippen LogP contribution in [0.2, 0.25) is 0 Å². The van der Waals surface area contributed by atoms with E-state index in [2.05, 4.69) is 4.72 Å². The fourth-order valence-electron chi connectivity index (χ4n) is 3.36. The lowest BCUT2D eigenvalue weighted by atomic mass is 10.1. The average molecular weight is 446 g/mol. The number of aliphatic hydroxyl groups is 1. The minimum absolute atomic E-state index is 0.0599. The molecule has 0 fully saturated rings. The van der Waals surface area contributed by atoms with Gasteiger partial charge in [0.25, 0.3) is 5.91 Å². The SMILES string of the molecule is CN(C)c1cccc2c1=CCCC=2S(=O)(=O)NCCN1C(=O)C(Cl)=C(Cl)C1O. The summed E-state index contributed by atoms with van der Waals surface area (Å²) >= 11 is 11.5. The van der Waals surface area contributed by atoms with E-state index in [-0.39, 0.29) is 23.2 Å². The largest absolute Gasteiger partial charge is 0.377 e. The first kappa shape index (κ1) is 21.1. The van der Waals surface area contributed by atoms with Gasteiger partial charge in [0.2, 0.25) is 10.0 Å². The molecule has 1 aliphatic carbocycles. The van der Waals surface area contributed by atoms with Crippen molar-refractivity contribution in [3.8, 4) is 0 Å². The third kappa shape index (κ3) is 3.79. The first-order valence-corrected chi connectivity index (χ1v) is 10.9. The lowest BCUT2D eigenvalue weighted by Gasteiger charge is -2.22. The number of carbonyl (C=O) groups excluding carboxylic acids is 1. The highest BCUT2D eigenvalue weighted by atomic mass is 35.5. The fraction of sp³-hybridized carbons (Fsp3) is 0.389. The molecule has 1 aromatic carbocycles. The van der Waals surface area contributed by atoms with Crippen LogP contribution >= 0.6 is 23.2 Å². The van der Waals surface area contributed by atoms with Crippen molar-refractivity contribution in [1.29, 1.82) is 0 Å². The second-order valence-corrected chi connectivity index (χ2v) is 9.30. The summed E-state index contributed by atoms with van der Waals surface area (Å²) in [6.45, 7) is -0.134. The molecule has 152 valence electrons. The molecule has 1 atom stereocenters. The molecule has 0 saturated carbocycles. The number of amides is 1. The van der Waals surface area contributed by atoms with Gasteiger partial charge < -0.3 is 14.9 Å². The Labute approximate surface area is 173 Å². The van der Waals surface area contributed by atoms with Crippen molar-refractivity contribution in [1.82, 2.24) is 9.62 Å². The van der Waals surface area contributed by atoms with Crippen LogP contribution in [0.5, 0.6) is 0 Å². The summed E-state index contributed by atoms with van der Waals surface area (Å²) in [5, 5.41) is 11.1. The Morgan fingerprint density at radius 1 is 1.32 bits per heavy atom.